The minimum absolute atomic E-state index is 0.0399. The minimum Gasteiger partial charge on any atom is -0.350 e. The van der Waals surface area contributed by atoms with Crippen LogP contribution in [0.2, 0.25) is 0 Å². The lowest BCUT2D eigenvalue weighted by molar-refractivity contribution is -0.385. The second-order valence-electron chi connectivity index (χ2n) is 7.62. The summed E-state index contributed by atoms with van der Waals surface area (Å²) in [6, 6.07) is 18.1. The van der Waals surface area contributed by atoms with E-state index in [-0.39, 0.29) is 17.1 Å². The predicted octanol–water partition coefficient (Wildman–Crippen LogP) is 5.11. The number of nitrogens with zero attached hydrogens (tertiary/aromatic N) is 3. The molecule has 3 aromatic carbocycles. The molecule has 0 aliphatic heterocycles. The van der Waals surface area contributed by atoms with Gasteiger partial charge < -0.3 is 4.98 Å². The van der Waals surface area contributed by atoms with Crippen molar-refractivity contribution in [2.75, 3.05) is 0 Å². The number of non-ortho nitro benzene ring substituents is 1. The first-order valence-corrected chi connectivity index (χ1v) is 10.2. The van der Waals surface area contributed by atoms with Gasteiger partial charge in [-0.25, -0.2) is 5.43 Å². The lowest BCUT2D eigenvalue weighted by atomic mass is 10.0. The van der Waals surface area contributed by atoms with Gasteiger partial charge >= 0.3 is 0 Å². The molecular formula is C24H19N5O5. The second-order valence-corrected chi connectivity index (χ2v) is 7.62. The third-order valence-corrected chi connectivity index (χ3v) is 5.43. The molecule has 0 unspecified atom stereocenters. The Balaban J connectivity index is 1.73. The van der Waals surface area contributed by atoms with E-state index in [4.69, 9.17) is 0 Å². The van der Waals surface area contributed by atoms with Crippen LogP contribution in [-0.4, -0.2) is 26.4 Å². The number of carbonyl (C=O) groups is 1. The van der Waals surface area contributed by atoms with Crippen LogP contribution < -0.4 is 5.43 Å². The summed E-state index contributed by atoms with van der Waals surface area (Å²) in [5, 5.41) is 27.2. The van der Waals surface area contributed by atoms with E-state index in [1.807, 2.05) is 6.07 Å². The van der Waals surface area contributed by atoms with Gasteiger partial charge in [0.2, 0.25) is 0 Å². The fourth-order valence-corrected chi connectivity index (χ4v) is 3.65. The normalized spacial score (nSPS) is 11.4. The van der Waals surface area contributed by atoms with Crippen molar-refractivity contribution in [1.29, 1.82) is 0 Å². The summed E-state index contributed by atoms with van der Waals surface area (Å²) in [6.45, 7) is 3.27. The Morgan fingerprint density at radius 1 is 0.971 bits per heavy atom. The lowest BCUT2D eigenvalue weighted by Crippen LogP contribution is -2.20. The predicted molar refractivity (Wildman–Crippen MR) is 128 cm³/mol. The van der Waals surface area contributed by atoms with Gasteiger partial charge in [0.25, 0.3) is 17.3 Å². The number of nitro benzene ring substituents is 2. The number of nitrogens with one attached hydrogen (secondary N) is 2. The van der Waals surface area contributed by atoms with Crippen molar-refractivity contribution in [1.82, 2.24) is 10.4 Å². The number of hydrogen-bond acceptors (Lipinski definition) is 6. The van der Waals surface area contributed by atoms with Crippen molar-refractivity contribution < 1.29 is 14.6 Å². The van der Waals surface area contributed by atoms with E-state index >= 15 is 0 Å². The van der Waals surface area contributed by atoms with Crippen LogP contribution >= 0.6 is 0 Å². The number of fused-ring (bicyclic) bond motifs is 1. The standard InChI is InChI=1S/C24H19N5O5/c1-14-8-9-17(12-21(14)29(33)34)15(2)26-27-24(30)23-22(16-6-4-3-5-7-16)19-13-18(28(31)32)10-11-20(19)25-23/h3-13,25H,1-2H3,(H,27,30)/b26-15+. The van der Waals surface area contributed by atoms with Crippen molar-refractivity contribution in [2.45, 2.75) is 13.8 Å². The van der Waals surface area contributed by atoms with Crippen LogP contribution in [-0.2, 0) is 0 Å². The van der Waals surface area contributed by atoms with Gasteiger partial charge in [0.15, 0.2) is 0 Å². The molecule has 1 heterocycles. The number of H-pyrrole nitrogens is 1. The second kappa shape index (κ2) is 8.94. The Hall–Kier alpha value is -4.86. The first-order chi connectivity index (χ1) is 16.3. The third kappa shape index (κ3) is 4.24. The van der Waals surface area contributed by atoms with Crippen LogP contribution in [0.3, 0.4) is 0 Å². The molecule has 0 aliphatic carbocycles. The van der Waals surface area contributed by atoms with Crippen LogP contribution in [0.4, 0.5) is 11.4 Å². The number of carbonyl (C=O) groups excluding carboxylic acids is 1. The van der Waals surface area contributed by atoms with Gasteiger partial charge in [-0.15, -0.1) is 0 Å². The summed E-state index contributed by atoms with van der Waals surface area (Å²) in [5.41, 5.74) is 5.70. The Morgan fingerprint density at radius 3 is 2.38 bits per heavy atom. The molecule has 0 radical (unpaired) electrons. The fraction of sp³-hybridized carbons (Fsp3) is 0.0833. The quantitative estimate of drug-likeness (QED) is 0.235. The largest absolute Gasteiger partial charge is 0.350 e. The highest BCUT2D eigenvalue weighted by Crippen LogP contribution is 2.34. The zero-order chi connectivity index (χ0) is 24.4. The highest BCUT2D eigenvalue weighted by molar-refractivity contribution is 6.10. The van der Waals surface area contributed by atoms with E-state index in [9.17, 15) is 25.0 Å². The van der Waals surface area contributed by atoms with Crippen LogP contribution in [0.25, 0.3) is 22.0 Å². The number of aromatic amines is 1. The molecule has 4 rings (SSSR count). The van der Waals surface area contributed by atoms with E-state index < -0.39 is 15.8 Å². The van der Waals surface area contributed by atoms with E-state index in [1.165, 1.54) is 18.2 Å². The van der Waals surface area contributed by atoms with Gasteiger partial charge in [-0.05, 0) is 25.5 Å². The first-order valence-electron chi connectivity index (χ1n) is 10.2. The van der Waals surface area contributed by atoms with E-state index in [0.29, 0.717) is 38.9 Å². The first kappa shape index (κ1) is 22.3. The molecule has 1 amide bonds. The maximum Gasteiger partial charge on any atom is 0.288 e. The highest BCUT2D eigenvalue weighted by Gasteiger charge is 2.21. The van der Waals surface area contributed by atoms with Gasteiger partial charge in [0.05, 0.1) is 15.6 Å². The highest BCUT2D eigenvalue weighted by atomic mass is 16.6. The molecule has 0 spiro atoms. The third-order valence-electron chi connectivity index (χ3n) is 5.43. The Labute approximate surface area is 193 Å². The Kier molecular flexibility index (Phi) is 5.88. The summed E-state index contributed by atoms with van der Waals surface area (Å²) in [6.07, 6.45) is 0. The average Bonchev–Trinajstić information content (AvgIpc) is 3.21. The van der Waals surface area contributed by atoms with Crippen LogP contribution in [0, 0.1) is 27.2 Å². The number of hydrazone groups is 1. The molecule has 0 bridgehead atoms. The number of aromatic nitrogens is 1. The molecular weight excluding hydrogens is 438 g/mol. The van der Waals surface area contributed by atoms with Crippen molar-refractivity contribution in [3.63, 3.8) is 0 Å². The maximum atomic E-state index is 13.1. The molecule has 1 aromatic heterocycles. The van der Waals surface area contributed by atoms with Gasteiger partial charge in [0, 0.05) is 45.8 Å². The van der Waals surface area contributed by atoms with Gasteiger partial charge in [-0.2, -0.15) is 5.10 Å². The van der Waals surface area contributed by atoms with Gasteiger partial charge in [0.1, 0.15) is 5.69 Å². The van der Waals surface area contributed by atoms with Crippen LogP contribution in [0.15, 0.2) is 71.8 Å². The number of rotatable bonds is 6. The number of benzene rings is 3. The monoisotopic (exact) mass is 457 g/mol. The number of hydrogen-bond donors (Lipinski definition) is 2. The number of nitro groups is 2. The molecule has 34 heavy (non-hydrogen) atoms. The summed E-state index contributed by atoms with van der Waals surface area (Å²) in [4.78, 5) is 37.7. The summed E-state index contributed by atoms with van der Waals surface area (Å²) in [5.74, 6) is -0.557. The summed E-state index contributed by atoms with van der Waals surface area (Å²) < 4.78 is 0. The van der Waals surface area contributed by atoms with Crippen molar-refractivity contribution in [2.24, 2.45) is 5.10 Å². The maximum absolute atomic E-state index is 13.1. The SMILES string of the molecule is C/C(=N\NC(=O)c1[nH]c2ccc([N+](=O)[O-])cc2c1-c1ccccc1)c1ccc(C)c([N+](=O)[O-])c1. The Bertz CT molecular complexity index is 1470. The zero-order valence-corrected chi connectivity index (χ0v) is 18.2. The molecule has 0 atom stereocenters. The van der Waals surface area contributed by atoms with Crippen molar-refractivity contribution in [3.8, 4) is 11.1 Å². The lowest BCUT2D eigenvalue weighted by Gasteiger charge is -2.06. The van der Waals surface area contributed by atoms with Crippen molar-refractivity contribution >= 4 is 33.9 Å². The zero-order valence-electron chi connectivity index (χ0n) is 18.2. The van der Waals surface area contributed by atoms with E-state index in [2.05, 4.69) is 15.5 Å². The van der Waals surface area contributed by atoms with Crippen LogP contribution in [0.5, 0.6) is 0 Å². The summed E-state index contributed by atoms with van der Waals surface area (Å²) in [7, 11) is 0. The molecule has 0 fully saturated rings. The molecule has 0 aliphatic rings. The average molecular weight is 457 g/mol. The number of amides is 1. The molecule has 2 N–H and O–H groups in total. The van der Waals surface area contributed by atoms with Crippen molar-refractivity contribution in [3.05, 3.63) is 104 Å². The molecule has 0 saturated carbocycles. The molecule has 10 nitrogen and oxygen atoms in total. The van der Waals surface area contributed by atoms with E-state index in [1.54, 1.807) is 56.3 Å². The molecule has 170 valence electrons. The molecule has 10 heteroatoms. The molecule has 0 saturated heterocycles. The fourth-order valence-electron chi connectivity index (χ4n) is 3.65. The topological polar surface area (TPSA) is 144 Å². The molecule has 4 aromatic rings. The Morgan fingerprint density at radius 2 is 1.71 bits per heavy atom. The van der Waals surface area contributed by atoms with E-state index in [0.717, 1.165) is 0 Å². The number of aryl methyl sites for hydroxylation is 1. The minimum atomic E-state index is -0.557. The van der Waals surface area contributed by atoms with Gasteiger partial charge in [-0.3, -0.25) is 25.0 Å². The smallest absolute Gasteiger partial charge is 0.288 e. The van der Waals surface area contributed by atoms with Crippen LogP contribution in [0.1, 0.15) is 28.5 Å². The summed E-state index contributed by atoms with van der Waals surface area (Å²) >= 11 is 0. The van der Waals surface area contributed by atoms with Gasteiger partial charge in [-0.1, -0.05) is 42.5 Å².